The van der Waals surface area contributed by atoms with E-state index in [0.29, 0.717) is 28.6 Å². The average Bonchev–Trinajstić information content (AvgIpc) is 3.42. The minimum Gasteiger partial charge on any atom is -0.492 e. The highest BCUT2D eigenvalue weighted by Crippen LogP contribution is 2.43. The first-order valence-electron chi connectivity index (χ1n) is 10.0. The molecule has 6 nitrogen and oxygen atoms in total. The van der Waals surface area contributed by atoms with Crippen molar-refractivity contribution >= 4 is 34.7 Å². The van der Waals surface area contributed by atoms with Gasteiger partial charge in [0.2, 0.25) is 0 Å². The summed E-state index contributed by atoms with van der Waals surface area (Å²) in [6.07, 6.45) is 5.62. The zero-order valence-electron chi connectivity index (χ0n) is 16.6. The molecule has 0 saturated carbocycles. The highest BCUT2D eigenvalue weighted by molar-refractivity contribution is 6.33. The lowest BCUT2D eigenvalue weighted by atomic mass is 9.85. The van der Waals surface area contributed by atoms with Crippen molar-refractivity contribution in [2.75, 3.05) is 24.5 Å². The molecule has 1 aliphatic carbocycles. The highest BCUT2D eigenvalue weighted by Gasteiger charge is 2.44. The van der Waals surface area contributed by atoms with E-state index in [1.54, 1.807) is 12.1 Å². The minimum absolute atomic E-state index is 0.0793. The summed E-state index contributed by atoms with van der Waals surface area (Å²) in [4.78, 5) is 11.9. The van der Waals surface area contributed by atoms with Gasteiger partial charge in [-0.1, -0.05) is 17.7 Å². The van der Waals surface area contributed by atoms with Gasteiger partial charge in [0, 0.05) is 5.56 Å². The predicted octanol–water partition coefficient (Wildman–Crippen LogP) is 4.42. The van der Waals surface area contributed by atoms with Gasteiger partial charge in [0.15, 0.2) is 0 Å². The molecule has 0 saturated heterocycles. The van der Waals surface area contributed by atoms with E-state index < -0.39 is 0 Å². The van der Waals surface area contributed by atoms with Crippen LogP contribution in [0.1, 0.15) is 35.2 Å². The van der Waals surface area contributed by atoms with E-state index in [9.17, 15) is 4.79 Å². The van der Waals surface area contributed by atoms with E-state index in [1.165, 1.54) is 12.7 Å². The third kappa shape index (κ3) is 3.03. The zero-order valence-corrected chi connectivity index (χ0v) is 17.4. The van der Waals surface area contributed by atoms with Gasteiger partial charge < -0.3 is 15.2 Å². The lowest BCUT2D eigenvalue weighted by molar-refractivity contribution is 0.0600. The molecule has 2 atom stereocenters. The quantitative estimate of drug-likeness (QED) is 0.449. The van der Waals surface area contributed by atoms with Crippen molar-refractivity contribution in [3.8, 4) is 5.75 Å². The number of nitrogens with two attached hydrogens (primary N) is 1. The first kappa shape index (κ1) is 19.0. The summed E-state index contributed by atoms with van der Waals surface area (Å²) in [7, 11) is 1.37. The smallest absolute Gasteiger partial charge is 0.337 e. The van der Waals surface area contributed by atoms with Crippen molar-refractivity contribution < 1.29 is 14.3 Å². The fraction of sp³-hybridized carbons (Fsp3) is 0.304. The predicted molar refractivity (Wildman–Crippen MR) is 117 cm³/mol. The van der Waals surface area contributed by atoms with E-state index in [0.717, 1.165) is 36.2 Å². The number of esters is 1. The number of nitrogen functional groups attached to an aromatic ring is 1. The summed E-state index contributed by atoms with van der Waals surface area (Å²) in [6.45, 7) is 0.498. The topological polar surface area (TPSA) is 77.2 Å². The van der Waals surface area contributed by atoms with Crippen LogP contribution in [0, 0.1) is 5.92 Å². The Balaban J connectivity index is 1.59. The highest BCUT2D eigenvalue weighted by atomic mass is 35.5. The van der Waals surface area contributed by atoms with Gasteiger partial charge >= 0.3 is 5.97 Å². The molecule has 0 aromatic heterocycles. The number of anilines is 2. The number of ether oxygens (including phenoxy) is 2. The Hall–Kier alpha value is -2.99. The van der Waals surface area contributed by atoms with E-state index in [4.69, 9.17) is 31.9 Å². The number of hydrazone groups is 1. The van der Waals surface area contributed by atoms with Gasteiger partial charge in [0.25, 0.3) is 0 Å². The number of benzene rings is 2. The first-order chi connectivity index (χ1) is 14.6. The molecular formula is C23H22ClN3O3. The van der Waals surface area contributed by atoms with Gasteiger partial charge in [0.05, 0.1) is 53.3 Å². The van der Waals surface area contributed by atoms with Crippen LogP contribution in [0.15, 0.2) is 53.1 Å². The molecule has 154 valence electrons. The molecule has 0 bridgehead atoms. The number of carbonyl (C=O) groups is 1. The normalized spacial score (nSPS) is 22.0. The summed E-state index contributed by atoms with van der Waals surface area (Å²) >= 11 is 6.31. The van der Waals surface area contributed by atoms with Crippen molar-refractivity contribution in [1.29, 1.82) is 0 Å². The van der Waals surface area contributed by atoms with Crippen LogP contribution >= 0.6 is 11.6 Å². The second-order valence-corrected chi connectivity index (χ2v) is 8.18. The maximum atomic E-state index is 11.9. The second-order valence-electron chi connectivity index (χ2n) is 7.77. The molecule has 7 heteroatoms. The summed E-state index contributed by atoms with van der Waals surface area (Å²) in [5.41, 5.74) is 11.1. The summed E-state index contributed by atoms with van der Waals surface area (Å²) in [6, 6.07) is 11.1. The molecular weight excluding hydrogens is 402 g/mol. The van der Waals surface area contributed by atoms with E-state index in [1.807, 2.05) is 24.3 Å². The molecule has 0 radical (unpaired) electrons. The molecule has 0 spiro atoms. The Morgan fingerprint density at radius 1 is 1.30 bits per heavy atom. The van der Waals surface area contributed by atoms with E-state index >= 15 is 0 Å². The lowest BCUT2D eigenvalue weighted by Crippen LogP contribution is -2.40. The minimum atomic E-state index is -0.385. The molecule has 2 unspecified atom stereocenters. The molecule has 30 heavy (non-hydrogen) atoms. The molecule has 0 fully saturated rings. The van der Waals surface area contributed by atoms with E-state index in [-0.39, 0.29) is 17.9 Å². The molecule has 2 heterocycles. The Morgan fingerprint density at radius 3 is 2.90 bits per heavy atom. The Labute approximate surface area is 179 Å². The van der Waals surface area contributed by atoms with Gasteiger partial charge in [-0.2, -0.15) is 5.10 Å². The van der Waals surface area contributed by atoms with Gasteiger partial charge in [-0.25, -0.2) is 4.79 Å². The van der Waals surface area contributed by atoms with Crippen molar-refractivity contribution in [3.05, 3.63) is 64.2 Å². The fourth-order valence-electron chi connectivity index (χ4n) is 4.53. The summed E-state index contributed by atoms with van der Waals surface area (Å²) < 4.78 is 10.9. The average molecular weight is 424 g/mol. The second kappa shape index (κ2) is 7.36. The third-order valence-corrected chi connectivity index (χ3v) is 6.34. The SMILES string of the molecule is COC(=O)c1ccc2c(c1)OCC1C2=NN(c2ccc(N)c(Cl)c2)C1C1=CCCC1. The maximum absolute atomic E-state index is 11.9. The molecule has 2 N–H and O–H groups in total. The van der Waals surface area contributed by atoms with Gasteiger partial charge in [-0.3, -0.25) is 5.01 Å². The van der Waals surface area contributed by atoms with Gasteiger partial charge in [-0.15, -0.1) is 0 Å². The van der Waals surface area contributed by atoms with E-state index in [2.05, 4.69) is 11.1 Å². The van der Waals surface area contributed by atoms with Crippen molar-refractivity contribution in [1.82, 2.24) is 0 Å². The number of carbonyl (C=O) groups excluding carboxylic acids is 1. The summed E-state index contributed by atoms with van der Waals surface area (Å²) in [5.74, 6) is 0.371. The fourth-order valence-corrected chi connectivity index (χ4v) is 4.71. The van der Waals surface area contributed by atoms with Crippen LogP contribution in [0.25, 0.3) is 0 Å². The Bertz CT molecular complexity index is 1100. The third-order valence-electron chi connectivity index (χ3n) is 6.01. The van der Waals surface area contributed by atoms with Crippen LogP contribution in [-0.4, -0.2) is 31.4 Å². The summed E-state index contributed by atoms with van der Waals surface area (Å²) in [5, 5.41) is 7.59. The number of hydrogen-bond acceptors (Lipinski definition) is 6. The number of allylic oxidation sites excluding steroid dienone is 1. The van der Waals surface area contributed by atoms with Crippen LogP contribution in [-0.2, 0) is 4.74 Å². The number of halogens is 1. The molecule has 2 aromatic carbocycles. The van der Waals surface area contributed by atoms with Crippen molar-refractivity contribution in [3.63, 3.8) is 0 Å². The van der Waals surface area contributed by atoms with Crippen LogP contribution < -0.4 is 15.5 Å². The van der Waals surface area contributed by atoms with Crippen LogP contribution in [0.2, 0.25) is 5.02 Å². The number of hydrogen-bond donors (Lipinski definition) is 1. The monoisotopic (exact) mass is 423 g/mol. The van der Waals surface area contributed by atoms with Crippen LogP contribution in [0.3, 0.4) is 0 Å². The Morgan fingerprint density at radius 2 is 2.17 bits per heavy atom. The Kier molecular flexibility index (Phi) is 4.66. The van der Waals surface area contributed by atoms with Crippen molar-refractivity contribution in [2.45, 2.75) is 25.3 Å². The number of rotatable bonds is 3. The number of methoxy groups -OCH3 is 1. The molecule has 5 rings (SSSR count). The van der Waals surface area contributed by atoms with Crippen LogP contribution in [0.5, 0.6) is 5.75 Å². The molecule has 0 amide bonds. The lowest BCUT2D eigenvalue weighted by Gasteiger charge is -2.31. The molecule has 2 aliphatic heterocycles. The standard InChI is InChI=1S/C23H22ClN3O3/c1-29-23(28)14-6-8-16-20(10-14)30-12-17-21(16)26-27(22(17)13-4-2-3-5-13)15-7-9-19(25)18(24)11-15/h4,6-11,17,22H,2-3,5,12,25H2,1H3. The number of nitrogens with zero attached hydrogens (tertiary/aromatic N) is 2. The largest absolute Gasteiger partial charge is 0.492 e. The number of fused-ring (bicyclic) bond motifs is 3. The molecule has 2 aromatic rings. The zero-order chi connectivity index (χ0) is 20.8. The van der Waals surface area contributed by atoms with Crippen LogP contribution in [0.4, 0.5) is 11.4 Å². The van der Waals surface area contributed by atoms with Crippen molar-refractivity contribution in [2.24, 2.45) is 11.0 Å². The maximum Gasteiger partial charge on any atom is 0.337 e. The first-order valence-corrected chi connectivity index (χ1v) is 10.4. The molecule has 3 aliphatic rings. The van der Waals surface area contributed by atoms with Gasteiger partial charge in [0.1, 0.15) is 5.75 Å². The van der Waals surface area contributed by atoms with Gasteiger partial charge in [-0.05, 0) is 61.2 Å².